The van der Waals surface area contributed by atoms with E-state index in [0.29, 0.717) is 0 Å². The first-order chi connectivity index (χ1) is 5.26. The Morgan fingerprint density at radius 1 is 1.18 bits per heavy atom. The molecular formula is C7H16O2S2. The molecule has 0 amide bonds. The third-order valence-corrected chi connectivity index (χ3v) is 3.93. The molecule has 0 spiro atoms. The third kappa shape index (κ3) is 4.95. The Bertz CT molecular complexity index is 84.5. The molecule has 0 saturated carbocycles. The Balaban J connectivity index is 3.66. The van der Waals surface area contributed by atoms with Crippen molar-refractivity contribution in [2.24, 2.45) is 0 Å². The van der Waals surface area contributed by atoms with Gasteiger partial charge in [0.2, 0.25) is 0 Å². The first kappa shape index (κ1) is 11.6. The van der Waals surface area contributed by atoms with Crippen molar-refractivity contribution >= 4 is 23.5 Å². The minimum Gasteiger partial charge on any atom is -0.394 e. The summed E-state index contributed by atoms with van der Waals surface area (Å²) in [6.07, 6.45) is -0.579. The van der Waals surface area contributed by atoms with Crippen molar-refractivity contribution in [3.05, 3.63) is 0 Å². The molecule has 0 fully saturated rings. The van der Waals surface area contributed by atoms with Crippen LogP contribution in [0.4, 0.5) is 0 Å². The minimum absolute atomic E-state index is 0.134. The van der Waals surface area contributed by atoms with Gasteiger partial charge in [-0.3, -0.25) is 0 Å². The average Bonchev–Trinajstić information content (AvgIpc) is 2.03. The maximum Gasteiger partial charge on any atom is 0.0980 e. The van der Waals surface area contributed by atoms with Gasteiger partial charge in [-0.15, -0.1) is 23.5 Å². The molecule has 0 aromatic carbocycles. The molecule has 1 unspecified atom stereocenters. The van der Waals surface area contributed by atoms with Crippen LogP contribution in [-0.4, -0.2) is 39.0 Å². The first-order valence-corrected chi connectivity index (χ1v) is 5.88. The lowest BCUT2D eigenvalue weighted by molar-refractivity contribution is 0.108. The molecule has 0 radical (unpaired) electrons. The molecule has 0 aliphatic heterocycles. The maximum atomic E-state index is 9.29. The van der Waals surface area contributed by atoms with Gasteiger partial charge in [-0.25, -0.2) is 0 Å². The zero-order valence-electron chi connectivity index (χ0n) is 6.99. The van der Waals surface area contributed by atoms with E-state index in [-0.39, 0.29) is 11.2 Å². The van der Waals surface area contributed by atoms with E-state index >= 15 is 0 Å². The van der Waals surface area contributed by atoms with E-state index in [1.807, 2.05) is 0 Å². The lowest BCUT2D eigenvalue weighted by Crippen LogP contribution is -2.24. The van der Waals surface area contributed by atoms with Gasteiger partial charge in [0.05, 0.1) is 17.3 Å². The largest absolute Gasteiger partial charge is 0.394 e. The fourth-order valence-corrected chi connectivity index (χ4v) is 3.16. The molecule has 0 rings (SSSR count). The Morgan fingerprint density at radius 3 is 1.91 bits per heavy atom. The van der Waals surface area contributed by atoms with Crippen LogP contribution in [0.5, 0.6) is 0 Å². The van der Waals surface area contributed by atoms with Crippen LogP contribution in [0.25, 0.3) is 0 Å². The van der Waals surface area contributed by atoms with Gasteiger partial charge in [0.1, 0.15) is 0 Å². The van der Waals surface area contributed by atoms with E-state index in [0.717, 1.165) is 11.5 Å². The van der Waals surface area contributed by atoms with Crippen LogP contribution in [0, 0.1) is 0 Å². The van der Waals surface area contributed by atoms with E-state index in [1.54, 1.807) is 23.5 Å². The smallest absolute Gasteiger partial charge is 0.0980 e. The molecule has 0 heterocycles. The Kier molecular flexibility index (Phi) is 7.69. The van der Waals surface area contributed by atoms with Crippen molar-refractivity contribution in [3.8, 4) is 0 Å². The number of thioether (sulfide) groups is 2. The average molecular weight is 196 g/mol. The molecule has 68 valence electrons. The number of hydrogen-bond acceptors (Lipinski definition) is 4. The normalized spacial score (nSPS) is 13.9. The highest BCUT2D eigenvalue weighted by Gasteiger charge is 2.17. The lowest BCUT2D eigenvalue weighted by Gasteiger charge is -2.18. The predicted molar refractivity (Wildman–Crippen MR) is 53.1 cm³/mol. The summed E-state index contributed by atoms with van der Waals surface area (Å²) in [6, 6.07) is 0. The zero-order valence-corrected chi connectivity index (χ0v) is 8.62. The van der Waals surface area contributed by atoms with Crippen LogP contribution in [0.2, 0.25) is 0 Å². The van der Waals surface area contributed by atoms with Gasteiger partial charge in [-0.2, -0.15) is 0 Å². The van der Waals surface area contributed by atoms with Crippen molar-refractivity contribution in [2.45, 2.75) is 24.5 Å². The van der Waals surface area contributed by atoms with Crippen molar-refractivity contribution in [3.63, 3.8) is 0 Å². The highest BCUT2D eigenvalue weighted by molar-refractivity contribution is 8.17. The summed E-state index contributed by atoms with van der Waals surface area (Å²) in [5.74, 6) is 1.96. The van der Waals surface area contributed by atoms with E-state index in [1.165, 1.54) is 0 Å². The fourth-order valence-electron chi connectivity index (χ4n) is 0.685. The fraction of sp³-hybridized carbons (Fsp3) is 1.00. The molecule has 1 atom stereocenters. The molecule has 11 heavy (non-hydrogen) atoms. The highest BCUT2D eigenvalue weighted by atomic mass is 32.2. The van der Waals surface area contributed by atoms with Crippen LogP contribution >= 0.6 is 23.5 Å². The second kappa shape index (κ2) is 7.28. The topological polar surface area (TPSA) is 40.5 Å². The molecule has 0 aliphatic rings. The summed E-state index contributed by atoms with van der Waals surface area (Å²) in [7, 11) is 0. The standard InChI is InChI=1S/C7H16O2S2/c1-3-10-7(11-4-2)6(9)5-8/h6-9H,3-5H2,1-2H3. The monoisotopic (exact) mass is 196 g/mol. The van der Waals surface area contributed by atoms with Crippen LogP contribution in [0.15, 0.2) is 0 Å². The van der Waals surface area contributed by atoms with Crippen LogP contribution in [0.3, 0.4) is 0 Å². The van der Waals surface area contributed by atoms with Crippen LogP contribution in [0.1, 0.15) is 13.8 Å². The van der Waals surface area contributed by atoms with Gasteiger partial charge in [-0.05, 0) is 11.5 Å². The first-order valence-electron chi connectivity index (χ1n) is 3.78. The molecule has 0 saturated heterocycles. The van der Waals surface area contributed by atoms with Crippen molar-refractivity contribution in [2.75, 3.05) is 18.1 Å². The summed E-state index contributed by atoms with van der Waals surface area (Å²) in [5, 5.41) is 18.0. The molecule has 0 aromatic rings. The molecule has 0 aliphatic carbocycles. The number of aliphatic hydroxyl groups excluding tert-OH is 2. The Labute approximate surface area is 76.8 Å². The van der Waals surface area contributed by atoms with Crippen LogP contribution < -0.4 is 0 Å². The molecule has 2 N–H and O–H groups in total. The number of rotatable bonds is 6. The summed E-state index contributed by atoms with van der Waals surface area (Å²) in [6.45, 7) is 3.97. The van der Waals surface area contributed by atoms with Gasteiger partial charge in [0.25, 0.3) is 0 Å². The quantitative estimate of drug-likeness (QED) is 0.626. The second-order valence-electron chi connectivity index (χ2n) is 2.03. The number of hydrogen-bond donors (Lipinski definition) is 2. The highest BCUT2D eigenvalue weighted by Crippen LogP contribution is 2.26. The summed E-state index contributed by atoms with van der Waals surface area (Å²) in [4.78, 5) is 0. The Hall–Kier alpha value is 0.620. The van der Waals surface area contributed by atoms with E-state index in [9.17, 15) is 5.11 Å². The van der Waals surface area contributed by atoms with E-state index in [2.05, 4.69) is 13.8 Å². The molecular weight excluding hydrogens is 180 g/mol. The van der Waals surface area contributed by atoms with Gasteiger partial charge >= 0.3 is 0 Å². The van der Waals surface area contributed by atoms with E-state index in [4.69, 9.17) is 5.11 Å². The summed E-state index contributed by atoms with van der Waals surface area (Å²) < 4.78 is 0.134. The third-order valence-electron chi connectivity index (χ3n) is 1.16. The SMILES string of the molecule is CCSC(SCC)C(O)CO. The zero-order chi connectivity index (χ0) is 8.69. The lowest BCUT2D eigenvalue weighted by atomic mass is 10.4. The molecule has 0 aromatic heterocycles. The van der Waals surface area contributed by atoms with E-state index < -0.39 is 6.10 Å². The van der Waals surface area contributed by atoms with Gasteiger partial charge < -0.3 is 10.2 Å². The molecule has 2 nitrogen and oxygen atoms in total. The summed E-state index contributed by atoms with van der Waals surface area (Å²) >= 11 is 3.37. The Morgan fingerprint density at radius 2 is 1.64 bits per heavy atom. The molecule has 4 heteroatoms. The van der Waals surface area contributed by atoms with Crippen molar-refractivity contribution < 1.29 is 10.2 Å². The maximum absolute atomic E-state index is 9.29. The predicted octanol–water partition coefficient (Wildman–Crippen LogP) is 1.17. The second-order valence-corrected chi connectivity index (χ2v) is 5.16. The summed E-state index contributed by atoms with van der Waals surface area (Å²) in [5.41, 5.74) is 0. The van der Waals surface area contributed by atoms with Crippen molar-refractivity contribution in [1.29, 1.82) is 0 Å². The number of aliphatic hydroxyl groups is 2. The van der Waals surface area contributed by atoms with Gasteiger partial charge in [0, 0.05) is 0 Å². The molecule has 0 bridgehead atoms. The van der Waals surface area contributed by atoms with Crippen molar-refractivity contribution in [1.82, 2.24) is 0 Å². The minimum atomic E-state index is -0.579. The van der Waals surface area contributed by atoms with Gasteiger partial charge in [-0.1, -0.05) is 13.8 Å². The van der Waals surface area contributed by atoms with Crippen LogP contribution in [-0.2, 0) is 0 Å². The van der Waals surface area contributed by atoms with Gasteiger partial charge in [0.15, 0.2) is 0 Å².